The van der Waals surface area contributed by atoms with Crippen molar-refractivity contribution in [2.75, 3.05) is 12.0 Å². The van der Waals surface area contributed by atoms with Gasteiger partial charge in [-0.15, -0.1) is 0 Å². The molecule has 0 unspecified atom stereocenters. The summed E-state index contributed by atoms with van der Waals surface area (Å²) in [5, 5.41) is 0. The van der Waals surface area contributed by atoms with E-state index in [4.69, 9.17) is 17.0 Å². The molecule has 2 aromatic heterocycles. The van der Waals surface area contributed by atoms with Gasteiger partial charge in [0.15, 0.2) is 0 Å². The Bertz CT molecular complexity index is 1050. The summed E-state index contributed by atoms with van der Waals surface area (Å²) in [5.74, 6) is 0.665. The summed E-state index contributed by atoms with van der Waals surface area (Å²) in [4.78, 5) is 20.4. The van der Waals surface area contributed by atoms with Crippen LogP contribution in [0, 0.1) is 3.82 Å². The van der Waals surface area contributed by atoms with Gasteiger partial charge in [0.1, 0.15) is 9.57 Å². The molecular weight excluding hydrogens is 384 g/mol. The zero-order valence-corrected chi connectivity index (χ0v) is 16.9. The van der Waals surface area contributed by atoms with Gasteiger partial charge < -0.3 is 4.74 Å². The van der Waals surface area contributed by atoms with Crippen LogP contribution in [-0.4, -0.2) is 18.0 Å². The van der Waals surface area contributed by atoms with Gasteiger partial charge in [-0.25, -0.2) is 0 Å². The summed E-state index contributed by atoms with van der Waals surface area (Å²) in [6.07, 6.45) is 3.27. The number of carbonyl (C=O) groups is 1. The SMILES string of the molecule is COc1ccc2c(c1)-c1c(ssc1=S)C(C)(C)N2C(=O)c1cccnc1. The zero-order chi connectivity index (χ0) is 18.5. The number of fused-ring (bicyclic) bond motifs is 3. The third-order valence-electron chi connectivity index (χ3n) is 4.57. The molecule has 132 valence electrons. The van der Waals surface area contributed by atoms with Crippen LogP contribution in [0.25, 0.3) is 11.1 Å². The first-order valence-corrected chi connectivity index (χ1v) is 10.6. The van der Waals surface area contributed by atoms with Crippen LogP contribution in [0.15, 0.2) is 42.7 Å². The number of hydrogen-bond acceptors (Lipinski definition) is 6. The fraction of sp³-hybridized carbons (Fsp3) is 0.211. The molecule has 0 atom stereocenters. The van der Waals surface area contributed by atoms with E-state index in [-0.39, 0.29) is 5.91 Å². The molecule has 1 aromatic carbocycles. The third kappa shape index (κ3) is 2.50. The molecule has 4 rings (SSSR count). The van der Waals surface area contributed by atoms with Crippen molar-refractivity contribution in [3.05, 3.63) is 57.0 Å². The summed E-state index contributed by atoms with van der Waals surface area (Å²) in [6, 6.07) is 9.34. The Morgan fingerprint density at radius 1 is 1.27 bits per heavy atom. The number of nitrogens with zero attached hydrogens (tertiary/aromatic N) is 2. The molecule has 1 aliphatic heterocycles. The summed E-state index contributed by atoms with van der Waals surface area (Å²) < 4.78 is 6.25. The normalized spacial score (nSPS) is 14.5. The van der Waals surface area contributed by atoms with E-state index in [0.29, 0.717) is 5.56 Å². The number of rotatable bonds is 2. The number of pyridine rings is 1. The molecule has 0 N–H and O–H groups in total. The number of anilines is 1. The Kier molecular flexibility index (Phi) is 4.17. The Balaban J connectivity index is 1.99. The number of benzene rings is 1. The fourth-order valence-electron chi connectivity index (χ4n) is 3.32. The number of amides is 1. The van der Waals surface area contributed by atoms with Crippen LogP contribution >= 0.6 is 32.9 Å². The monoisotopic (exact) mass is 400 g/mol. The van der Waals surface area contributed by atoms with Crippen LogP contribution in [-0.2, 0) is 5.54 Å². The quantitative estimate of drug-likeness (QED) is 0.420. The van der Waals surface area contributed by atoms with Crippen molar-refractivity contribution >= 4 is 44.5 Å². The van der Waals surface area contributed by atoms with E-state index in [0.717, 1.165) is 31.3 Å². The molecule has 1 aliphatic rings. The zero-order valence-electron chi connectivity index (χ0n) is 14.5. The van der Waals surface area contributed by atoms with E-state index < -0.39 is 5.54 Å². The van der Waals surface area contributed by atoms with Gasteiger partial charge in [-0.2, -0.15) is 0 Å². The molecule has 26 heavy (non-hydrogen) atoms. The summed E-state index contributed by atoms with van der Waals surface area (Å²) >= 11 is 5.60. The maximum absolute atomic E-state index is 13.4. The van der Waals surface area contributed by atoms with Crippen LogP contribution in [0.4, 0.5) is 5.69 Å². The van der Waals surface area contributed by atoms with E-state index in [1.54, 1.807) is 52.3 Å². The molecule has 0 saturated carbocycles. The maximum atomic E-state index is 13.4. The molecule has 7 heteroatoms. The molecule has 0 saturated heterocycles. The summed E-state index contributed by atoms with van der Waals surface area (Å²) in [6.45, 7) is 4.12. The first-order chi connectivity index (χ1) is 12.4. The average molecular weight is 401 g/mol. The molecule has 3 heterocycles. The minimum absolute atomic E-state index is 0.0792. The molecule has 3 aromatic rings. The smallest absolute Gasteiger partial charge is 0.260 e. The van der Waals surface area contributed by atoms with Gasteiger partial charge in [-0.05, 0) is 44.2 Å². The van der Waals surface area contributed by atoms with Crippen molar-refractivity contribution in [1.82, 2.24) is 4.98 Å². The second-order valence-electron chi connectivity index (χ2n) is 6.48. The Morgan fingerprint density at radius 3 is 2.77 bits per heavy atom. The lowest BCUT2D eigenvalue weighted by Gasteiger charge is -2.43. The van der Waals surface area contributed by atoms with Gasteiger partial charge in [-0.1, -0.05) is 32.9 Å². The largest absolute Gasteiger partial charge is 0.497 e. The van der Waals surface area contributed by atoms with Crippen LogP contribution in [0.5, 0.6) is 5.75 Å². The second-order valence-corrected chi connectivity index (χ2v) is 9.30. The lowest BCUT2D eigenvalue weighted by atomic mass is 9.87. The molecular formula is C19H16N2O2S3. The number of ether oxygens (including phenoxy) is 1. The minimum atomic E-state index is -0.512. The second kappa shape index (κ2) is 6.26. The standard InChI is InChI=1S/C19H16N2O2S3/c1-19(2)16-15(18(24)26-25-16)13-9-12(23-3)6-7-14(13)21(19)17(22)11-5-4-8-20-10-11/h4-10H,1-3H3. The first kappa shape index (κ1) is 17.3. The number of hydrogen-bond donors (Lipinski definition) is 0. The van der Waals surface area contributed by atoms with E-state index in [1.807, 2.05) is 23.1 Å². The lowest BCUT2D eigenvalue weighted by molar-refractivity contribution is 0.0961. The van der Waals surface area contributed by atoms with Crippen molar-refractivity contribution in [3.63, 3.8) is 0 Å². The average Bonchev–Trinajstić information content (AvgIpc) is 3.05. The lowest BCUT2D eigenvalue weighted by Crippen LogP contribution is -2.47. The highest BCUT2D eigenvalue weighted by Crippen LogP contribution is 2.53. The topological polar surface area (TPSA) is 42.4 Å². The van der Waals surface area contributed by atoms with Crippen molar-refractivity contribution in [2.24, 2.45) is 0 Å². The molecule has 0 spiro atoms. The van der Waals surface area contributed by atoms with Crippen LogP contribution in [0.3, 0.4) is 0 Å². The van der Waals surface area contributed by atoms with Crippen LogP contribution in [0.1, 0.15) is 29.1 Å². The Labute approximate surface area is 164 Å². The minimum Gasteiger partial charge on any atom is -0.497 e. The van der Waals surface area contributed by atoms with E-state index in [9.17, 15) is 4.79 Å². The number of methoxy groups -OCH3 is 1. The number of carbonyl (C=O) groups excluding carboxylic acids is 1. The van der Waals surface area contributed by atoms with Gasteiger partial charge >= 0.3 is 0 Å². The number of aromatic nitrogens is 1. The van der Waals surface area contributed by atoms with E-state index >= 15 is 0 Å². The molecule has 4 nitrogen and oxygen atoms in total. The molecule has 0 fully saturated rings. The predicted molar refractivity (Wildman–Crippen MR) is 109 cm³/mol. The van der Waals surface area contributed by atoms with Gasteiger partial charge in [0, 0.05) is 23.5 Å². The Morgan fingerprint density at radius 2 is 2.08 bits per heavy atom. The first-order valence-electron chi connectivity index (χ1n) is 8.01. The molecule has 0 aliphatic carbocycles. The van der Waals surface area contributed by atoms with Crippen molar-refractivity contribution in [1.29, 1.82) is 0 Å². The Hall–Kier alpha value is -2.09. The molecule has 0 radical (unpaired) electrons. The van der Waals surface area contributed by atoms with Gasteiger partial charge in [0.2, 0.25) is 0 Å². The third-order valence-corrected chi connectivity index (χ3v) is 7.90. The van der Waals surface area contributed by atoms with Gasteiger partial charge in [0.25, 0.3) is 5.91 Å². The highest BCUT2D eigenvalue weighted by molar-refractivity contribution is 7.80. The summed E-state index contributed by atoms with van der Waals surface area (Å²) in [5.41, 5.74) is 2.88. The van der Waals surface area contributed by atoms with Crippen molar-refractivity contribution in [3.8, 4) is 16.9 Å². The van der Waals surface area contributed by atoms with Gasteiger partial charge in [0.05, 0.1) is 28.8 Å². The molecule has 0 bridgehead atoms. The highest BCUT2D eigenvalue weighted by Gasteiger charge is 2.43. The predicted octanol–water partition coefficient (Wildman–Crippen LogP) is 5.51. The summed E-state index contributed by atoms with van der Waals surface area (Å²) in [7, 11) is 4.85. The van der Waals surface area contributed by atoms with E-state index in [2.05, 4.69) is 18.8 Å². The van der Waals surface area contributed by atoms with E-state index in [1.165, 1.54) is 0 Å². The highest BCUT2D eigenvalue weighted by atomic mass is 32.9. The van der Waals surface area contributed by atoms with Crippen molar-refractivity contribution in [2.45, 2.75) is 19.4 Å². The molecule has 1 amide bonds. The van der Waals surface area contributed by atoms with Crippen LogP contribution < -0.4 is 9.64 Å². The van der Waals surface area contributed by atoms with Crippen LogP contribution in [0.2, 0.25) is 0 Å². The maximum Gasteiger partial charge on any atom is 0.260 e. The van der Waals surface area contributed by atoms with Crippen molar-refractivity contribution < 1.29 is 9.53 Å². The van der Waals surface area contributed by atoms with Gasteiger partial charge in [-0.3, -0.25) is 14.7 Å². The fourth-order valence-corrected chi connectivity index (χ4v) is 6.60.